The Morgan fingerprint density at radius 3 is 2.48 bits per heavy atom. The summed E-state index contributed by atoms with van der Waals surface area (Å²) in [5.74, 6) is 0.221. The molecule has 1 aromatic carbocycles. The number of nitrogens with two attached hydrogens (primary N) is 1. The molecule has 0 saturated carbocycles. The van der Waals surface area contributed by atoms with Crippen molar-refractivity contribution in [1.82, 2.24) is 9.80 Å². The third kappa shape index (κ3) is 3.85. The molecule has 2 saturated heterocycles. The Kier molecular flexibility index (Phi) is 5.71. The van der Waals surface area contributed by atoms with Gasteiger partial charge in [0.2, 0.25) is 11.8 Å². The van der Waals surface area contributed by atoms with Gasteiger partial charge in [-0.15, -0.1) is 0 Å². The topological polar surface area (TPSA) is 69.9 Å². The molecule has 0 spiro atoms. The molecular weight excluding hydrogens is 316 g/mol. The molecule has 25 heavy (non-hydrogen) atoms. The van der Waals surface area contributed by atoms with Gasteiger partial charge in [0.15, 0.2) is 0 Å². The van der Waals surface area contributed by atoms with Gasteiger partial charge >= 0.3 is 0 Å². The number of carbonyl (C=O) groups excluding carboxylic acids is 2. The van der Waals surface area contributed by atoms with Crippen molar-refractivity contribution < 1.29 is 9.59 Å². The van der Waals surface area contributed by atoms with Crippen LogP contribution in [-0.2, 0) is 9.59 Å². The number of hydrogen-bond acceptors (Lipinski definition) is 4. The molecule has 6 nitrogen and oxygen atoms in total. The second-order valence-corrected chi connectivity index (χ2v) is 6.89. The number of benzene rings is 1. The van der Waals surface area contributed by atoms with E-state index in [-0.39, 0.29) is 17.9 Å². The van der Waals surface area contributed by atoms with E-state index in [0.29, 0.717) is 13.1 Å². The predicted molar refractivity (Wildman–Crippen MR) is 98.2 cm³/mol. The SMILES string of the molecule is CCCC(N)C(=O)N1CCN(C2CCN(c3ccccc3)C2=O)CC1. The van der Waals surface area contributed by atoms with Crippen molar-refractivity contribution in [3.05, 3.63) is 30.3 Å². The Morgan fingerprint density at radius 1 is 1.16 bits per heavy atom. The van der Waals surface area contributed by atoms with E-state index in [9.17, 15) is 9.59 Å². The predicted octanol–water partition coefficient (Wildman–Crippen LogP) is 1.06. The number of rotatable bonds is 5. The summed E-state index contributed by atoms with van der Waals surface area (Å²) >= 11 is 0. The zero-order valence-corrected chi connectivity index (χ0v) is 14.9. The van der Waals surface area contributed by atoms with Gasteiger partial charge in [-0.3, -0.25) is 14.5 Å². The molecule has 6 heteroatoms. The number of carbonyl (C=O) groups is 2. The van der Waals surface area contributed by atoms with Gasteiger partial charge in [0, 0.05) is 38.4 Å². The standard InChI is InChI=1S/C19H28N4O2/c1-2-6-16(20)18(24)22-13-11-21(12-14-22)17-9-10-23(19(17)25)15-7-4-3-5-8-15/h3-5,7-8,16-17H,2,6,9-14,20H2,1H3. The molecule has 2 heterocycles. The molecule has 2 amide bonds. The first-order valence-corrected chi connectivity index (χ1v) is 9.26. The Morgan fingerprint density at radius 2 is 1.84 bits per heavy atom. The van der Waals surface area contributed by atoms with E-state index in [1.165, 1.54) is 0 Å². The molecular formula is C19H28N4O2. The molecule has 0 aliphatic carbocycles. The monoisotopic (exact) mass is 344 g/mol. The number of amides is 2. The van der Waals surface area contributed by atoms with Crippen molar-refractivity contribution in [2.45, 2.75) is 38.3 Å². The normalized spacial score (nSPS) is 23.1. The summed E-state index contributed by atoms with van der Waals surface area (Å²) in [6, 6.07) is 9.37. The lowest BCUT2D eigenvalue weighted by Crippen LogP contribution is -2.56. The van der Waals surface area contributed by atoms with Crippen LogP contribution in [-0.4, -0.2) is 66.4 Å². The second kappa shape index (κ2) is 7.97. The summed E-state index contributed by atoms with van der Waals surface area (Å²) in [6.07, 6.45) is 2.49. The number of nitrogens with zero attached hydrogens (tertiary/aromatic N) is 3. The van der Waals surface area contributed by atoms with Crippen LogP contribution in [0.2, 0.25) is 0 Å². The van der Waals surface area contributed by atoms with Crippen molar-refractivity contribution in [2.75, 3.05) is 37.6 Å². The Hall–Kier alpha value is -1.92. The van der Waals surface area contributed by atoms with Crippen LogP contribution in [0.1, 0.15) is 26.2 Å². The zero-order valence-electron chi connectivity index (χ0n) is 14.9. The summed E-state index contributed by atoms with van der Waals surface area (Å²) in [7, 11) is 0. The first-order chi connectivity index (χ1) is 12.1. The highest BCUT2D eigenvalue weighted by atomic mass is 16.2. The van der Waals surface area contributed by atoms with Gasteiger partial charge in [-0.05, 0) is 25.0 Å². The van der Waals surface area contributed by atoms with E-state index >= 15 is 0 Å². The van der Waals surface area contributed by atoms with Crippen molar-refractivity contribution >= 4 is 17.5 Å². The molecule has 0 bridgehead atoms. The van der Waals surface area contributed by atoms with E-state index in [2.05, 4.69) is 4.90 Å². The molecule has 0 aromatic heterocycles. The molecule has 0 radical (unpaired) electrons. The summed E-state index contributed by atoms with van der Waals surface area (Å²) in [6.45, 7) is 5.59. The maximum absolute atomic E-state index is 12.8. The van der Waals surface area contributed by atoms with Crippen molar-refractivity contribution in [1.29, 1.82) is 0 Å². The van der Waals surface area contributed by atoms with E-state index in [1.807, 2.05) is 47.1 Å². The smallest absolute Gasteiger partial charge is 0.244 e. The van der Waals surface area contributed by atoms with Crippen LogP contribution >= 0.6 is 0 Å². The minimum absolute atomic E-state index is 0.0464. The molecule has 2 atom stereocenters. The van der Waals surface area contributed by atoms with E-state index in [4.69, 9.17) is 5.73 Å². The van der Waals surface area contributed by atoms with Crippen LogP contribution in [0.5, 0.6) is 0 Å². The highest BCUT2D eigenvalue weighted by molar-refractivity contribution is 5.99. The summed E-state index contributed by atoms with van der Waals surface area (Å²) in [5.41, 5.74) is 6.92. The molecule has 136 valence electrons. The average Bonchev–Trinajstić information content (AvgIpc) is 3.03. The molecule has 2 unspecified atom stereocenters. The highest BCUT2D eigenvalue weighted by Gasteiger charge is 2.38. The fourth-order valence-corrected chi connectivity index (χ4v) is 3.79. The molecule has 2 aliphatic heterocycles. The lowest BCUT2D eigenvalue weighted by atomic mass is 10.1. The molecule has 2 N–H and O–H groups in total. The maximum Gasteiger partial charge on any atom is 0.244 e. The molecule has 1 aromatic rings. The zero-order chi connectivity index (χ0) is 17.8. The van der Waals surface area contributed by atoms with Crippen molar-refractivity contribution in [2.24, 2.45) is 5.73 Å². The first-order valence-electron chi connectivity index (χ1n) is 9.26. The second-order valence-electron chi connectivity index (χ2n) is 6.89. The van der Waals surface area contributed by atoms with Gasteiger partial charge < -0.3 is 15.5 Å². The van der Waals surface area contributed by atoms with Crippen LogP contribution in [0, 0.1) is 0 Å². The van der Waals surface area contributed by atoms with Gasteiger partial charge in [0.25, 0.3) is 0 Å². The number of para-hydroxylation sites is 1. The lowest BCUT2D eigenvalue weighted by molar-refractivity contribution is -0.135. The quantitative estimate of drug-likeness (QED) is 0.867. The molecule has 2 aliphatic rings. The van der Waals surface area contributed by atoms with E-state index in [0.717, 1.165) is 44.6 Å². The minimum atomic E-state index is -0.391. The summed E-state index contributed by atoms with van der Waals surface area (Å²) < 4.78 is 0. The Labute approximate surface area is 149 Å². The number of piperazine rings is 1. The molecule has 3 rings (SSSR count). The molecule has 2 fully saturated rings. The number of hydrogen-bond donors (Lipinski definition) is 1. The first kappa shape index (κ1) is 17.9. The third-order valence-electron chi connectivity index (χ3n) is 5.23. The van der Waals surface area contributed by atoms with Crippen LogP contribution < -0.4 is 10.6 Å². The van der Waals surface area contributed by atoms with Crippen LogP contribution in [0.3, 0.4) is 0 Å². The van der Waals surface area contributed by atoms with Crippen molar-refractivity contribution in [3.63, 3.8) is 0 Å². The van der Waals surface area contributed by atoms with Gasteiger partial charge in [0.1, 0.15) is 0 Å². The van der Waals surface area contributed by atoms with E-state index in [1.54, 1.807) is 0 Å². The summed E-state index contributed by atoms with van der Waals surface area (Å²) in [4.78, 5) is 31.1. The van der Waals surface area contributed by atoms with Gasteiger partial charge in [-0.2, -0.15) is 0 Å². The highest BCUT2D eigenvalue weighted by Crippen LogP contribution is 2.25. The Balaban J connectivity index is 1.55. The van der Waals surface area contributed by atoms with Crippen molar-refractivity contribution in [3.8, 4) is 0 Å². The summed E-state index contributed by atoms with van der Waals surface area (Å²) in [5, 5.41) is 0. The van der Waals surface area contributed by atoms with Crippen LogP contribution in [0.4, 0.5) is 5.69 Å². The largest absolute Gasteiger partial charge is 0.339 e. The van der Waals surface area contributed by atoms with Gasteiger partial charge in [0.05, 0.1) is 12.1 Å². The Bertz CT molecular complexity index is 599. The minimum Gasteiger partial charge on any atom is -0.339 e. The van der Waals surface area contributed by atoms with E-state index < -0.39 is 6.04 Å². The fraction of sp³-hybridized carbons (Fsp3) is 0.579. The average molecular weight is 344 g/mol. The fourth-order valence-electron chi connectivity index (χ4n) is 3.79. The van der Waals surface area contributed by atoms with Gasteiger partial charge in [-0.25, -0.2) is 0 Å². The van der Waals surface area contributed by atoms with Crippen LogP contribution in [0.25, 0.3) is 0 Å². The maximum atomic E-state index is 12.8. The third-order valence-corrected chi connectivity index (χ3v) is 5.23. The lowest BCUT2D eigenvalue weighted by Gasteiger charge is -2.38. The number of anilines is 1. The van der Waals surface area contributed by atoms with Crippen LogP contribution in [0.15, 0.2) is 30.3 Å². The van der Waals surface area contributed by atoms with Gasteiger partial charge in [-0.1, -0.05) is 31.5 Å².